The van der Waals surface area contributed by atoms with Crippen LogP contribution in [0.1, 0.15) is 39.8 Å². The van der Waals surface area contributed by atoms with E-state index in [1.165, 1.54) is 11.3 Å². The molecule has 0 saturated heterocycles. The summed E-state index contributed by atoms with van der Waals surface area (Å²) >= 11 is 7.21. The van der Waals surface area contributed by atoms with E-state index in [0.29, 0.717) is 21.5 Å². The largest absolute Gasteiger partial charge is 0.448 e. The molecule has 2 aromatic heterocycles. The Morgan fingerprint density at radius 3 is 2.60 bits per heavy atom. The third kappa shape index (κ3) is 4.27. The van der Waals surface area contributed by atoms with Crippen LogP contribution in [-0.4, -0.2) is 21.2 Å². The molecule has 0 aliphatic rings. The van der Waals surface area contributed by atoms with Gasteiger partial charge in [0, 0.05) is 16.1 Å². The number of hydrogen-bond donors (Lipinski definition) is 0. The van der Waals surface area contributed by atoms with Crippen LogP contribution in [0, 0.1) is 13.8 Å². The Balaban J connectivity index is 1.50. The molecule has 6 nitrogen and oxygen atoms in total. The van der Waals surface area contributed by atoms with Crippen molar-refractivity contribution >= 4 is 28.9 Å². The summed E-state index contributed by atoms with van der Waals surface area (Å²) in [6.07, 6.45) is -0.691. The number of carbonyl (C=O) groups excluding carboxylic acids is 1. The van der Waals surface area contributed by atoms with Crippen molar-refractivity contribution in [2.75, 3.05) is 0 Å². The second kappa shape index (κ2) is 8.38. The van der Waals surface area contributed by atoms with E-state index in [4.69, 9.17) is 20.8 Å². The Labute approximate surface area is 182 Å². The van der Waals surface area contributed by atoms with Crippen molar-refractivity contribution in [3.63, 3.8) is 0 Å². The molecule has 0 aliphatic carbocycles. The van der Waals surface area contributed by atoms with Crippen LogP contribution >= 0.6 is 22.9 Å². The molecular weight excluding hydrogens is 422 g/mol. The zero-order chi connectivity index (χ0) is 21.3. The van der Waals surface area contributed by atoms with Gasteiger partial charge in [0.25, 0.3) is 5.89 Å². The van der Waals surface area contributed by atoms with Crippen molar-refractivity contribution in [3.8, 4) is 22.0 Å². The van der Waals surface area contributed by atoms with Gasteiger partial charge in [-0.3, -0.25) is 0 Å². The summed E-state index contributed by atoms with van der Waals surface area (Å²) < 4.78 is 11.3. The molecule has 0 amide bonds. The van der Waals surface area contributed by atoms with Crippen LogP contribution in [0.4, 0.5) is 0 Å². The number of aromatic nitrogens is 3. The average Bonchev–Trinajstić information content (AvgIpc) is 3.36. The maximum absolute atomic E-state index is 12.7. The summed E-state index contributed by atoms with van der Waals surface area (Å²) in [5.74, 6) is 0.142. The molecule has 1 atom stereocenters. The Morgan fingerprint density at radius 1 is 1.10 bits per heavy atom. The first kappa shape index (κ1) is 20.3. The Morgan fingerprint density at radius 2 is 1.87 bits per heavy atom. The monoisotopic (exact) mass is 439 g/mol. The quantitative estimate of drug-likeness (QED) is 0.352. The van der Waals surface area contributed by atoms with Gasteiger partial charge in [-0.1, -0.05) is 41.4 Å². The third-order valence-corrected chi connectivity index (χ3v) is 5.85. The van der Waals surface area contributed by atoms with Crippen LogP contribution in [0.5, 0.6) is 0 Å². The highest BCUT2D eigenvalue weighted by molar-refractivity contribution is 7.17. The first-order chi connectivity index (χ1) is 14.4. The maximum atomic E-state index is 12.7. The van der Waals surface area contributed by atoms with E-state index in [2.05, 4.69) is 15.2 Å². The smallest absolute Gasteiger partial charge is 0.351 e. The molecule has 152 valence electrons. The van der Waals surface area contributed by atoms with E-state index < -0.39 is 12.1 Å². The van der Waals surface area contributed by atoms with E-state index in [9.17, 15) is 4.79 Å². The molecular formula is C22H18ClN3O3S. The molecule has 30 heavy (non-hydrogen) atoms. The molecule has 4 rings (SSSR count). The van der Waals surface area contributed by atoms with Crippen LogP contribution in [0.3, 0.4) is 0 Å². The molecule has 0 saturated carbocycles. The summed E-state index contributed by atoms with van der Waals surface area (Å²) in [7, 11) is 0. The van der Waals surface area contributed by atoms with Crippen molar-refractivity contribution < 1.29 is 13.9 Å². The number of halogens is 1. The van der Waals surface area contributed by atoms with E-state index >= 15 is 0 Å². The lowest BCUT2D eigenvalue weighted by molar-refractivity contribution is 0.0284. The number of ether oxygens (including phenoxy) is 1. The Kier molecular flexibility index (Phi) is 5.65. The third-order valence-electron chi connectivity index (χ3n) is 4.41. The van der Waals surface area contributed by atoms with Gasteiger partial charge in [-0.25, -0.2) is 9.78 Å². The zero-order valence-corrected chi connectivity index (χ0v) is 18.1. The van der Waals surface area contributed by atoms with Crippen molar-refractivity contribution in [1.82, 2.24) is 15.2 Å². The average molecular weight is 440 g/mol. The van der Waals surface area contributed by atoms with Gasteiger partial charge < -0.3 is 9.15 Å². The van der Waals surface area contributed by atoms with Gasteiger partial charge in [0.05, 0.1) is 5.69 Å². The van der Waals surface area contributed by atoms with Crippen molar-refractivity contribution in [2.24, 2.45) is 0 Å². The molecule has 0 spiro atoms. The number of nitrogens with zero attached hydrogens (tertiary/aromatic N) is 3. The van der Waals surface area contributed by atoms with Gasteiger partial charge >= 0.3 is 5.97 Å². The highest BCUT2D eigenvalue weighted by Gasteiger charge is 2.23. The fraction of sp³-hybridized carbons (Fsp3) is 0.182. The summed E-state index contributed by atoms with van der Waals surface area (Å²) in [5, 5.41) is 9.47. The minimum Gasteiger partial charge on any atom is -0.448 e. The van der Waals surface area contributed by atoms with Crippen molar-refractivity contribution in [1.29, 1.82) is 0 Å². The highest BCUT2D eigenvalue weighted by atomic mass is 35.5. The minimum absolute atomic E-state index is 0.236. The normalized spacial score (nSPS) is 12.0. The maximum Gasteiger partial charge on any atom is 0.351 e. The zero-order valence-electron chi connectivity index (χ0n) is 16.5. The summed E-state index contributed by atoms with van der Waals surface area (Å²) in [4.78, 5) is 17.6. The van der Waals surface area contributed by atoms with Gasteiger partial charge in [0.1, 0.15) is 9.88 Å². The van der Waals surface area contributed by atoms with Crippen LogP contribution in [0.2, 0.25) is 5.02 Å². The number of thiazole rings is 1. The van der Waals surface area contributed by atoms with E-state index in [1.807, 2.05) is 43.3 Å². The lowest BCUT2D eigenvalue weighted by Crippen LogP contribution is -2.09. The van der Waals surface area contributed by atoms with Crippen molar-refractivity contribution in [2.45, 2.75) is 26.9 Å². The number of carbonyl (C=O) groups is 1. The van der Waals surface area contributed by atoms with E-state index in [-0.39, 0.29) is 5.89 Å². The summed E-state index contributed by atoms with van der Waals surface area (Å²) in [6, 6.07) is 15.0. The Bertz CT molecular complexity index is 1200. The molecule has 0 N–H and O–H groups in total. The SMILES string of the molecule is Cc1cccc(-c2nnc(C(C)OC(=O)c3sc(-c4ccc(Cl)cc4)nc3C)o2)c1. The number of benzene rings is 2. The van der Waals surface area contributed by atoms with Gasteiger partial charge in [-0.05, 0) is 45.0 Å². The summed E-state index contributed by atoms with van der Waals surface area (Å²) in [6.45, 7) is 5.46. The second-order valence-corrected chi connectivity index (χ2v) is 8.24. The van der Waals surface area contributed by atoms with Gasteiger partial charge in [-0.15, -0.1) is 21.5 Å². The lowest BCUT2D eigenvalue weighted by atomic mass is 10.1. The van der Waals surface area contributed by atoms with Crippen LogP contribution in [0.15, 0.2) is 52.9 Å². The second-order valence-electron chi connectivity index (χ2n) is 6.80. The van der Waals surface area contributed by atoms with Gasteiger partial charge in [-0.2, -0.15) is 0 Å². The van der Waals surface area contributed by atoms with E-state index in [0.717, 1.165) is 21.7 Å². The molecule has 0 radical (unpaired) electrons. The predicted molar refractivity (Wildman–Crippen MR) is 116 cm³/mol. The fourth-order valence-corrected chi connectivity index (χ4v) is 3.94. The lowest BCUT2D eigenvalue weighted by Gasteiger charge is -2.08. The number of esters is 1. The molecule has 2 aromatic carbocycles. The predicted octanol–water partition coefficient (Wildman–Crippen LogP) is 6.05. The molecule has 0 aliphatic heterocycles. The highest BCUT2D eigenvalue weighted by Crippen LogP contribution is 2.31. The minimum atomic E-state index is -0.691. The van der Waals surface area contributed by atoms with Crippen LogP contribution < -0.4 is 0 Å². The van der Waals surface area contributed by atoms with E-state index in [1.54, 1.807) is 26.0 Å². The summed E-state index contributed by atoms with van der Waals surface area (Å²) in [5.41, 5.74) is 3.40. The number of rotatable bonds is 5. The topological polar surface area (TPSA) is 78.1 Å². The number of aryl methyl sites for hydroxylation is 2. The molecule has 8 heteroatoms. The number of hydrogen-bond acceptors (Lipinski definition) is 7. The molecule has 2 heterocycles. The van der Waals surface area contributed by atoms with Gasteiger partial charge in [0.15, 0.2) is 6.10 Å². The van der Waals surface area contributed by atoms with Crippen LogP contribution in [0.25, 0.3) is 22.0 Å². The van der Waals surface area contributed by atoms with Gasteiger partial charge in [0.2, 0.25) is 5.89 Å². The molecule has 0 bridgehead atoms. The standard InChI is InChI=1S/C22H18ClN3O3S/c1-12-5-4-6-16(11-12)20-26-25-19(29-20)14(3)28-22(27)18-13(2)24-21(30-18)15-7-9-17(23)10-8-15/h4-11,14H,1-3H3. The molecule has 1 unspecified atom stereocenters. The molecule has 4 aromatic rings. The molecule has 0 fully saturated rings. The van der Waals surface area contributed by atoms with Crippen LogP contribution in [-0.2, 0) is 4.74 Å². The Hall–Kier alpha value is -3.03. The first-order valence-corrected chi connectivity index (χ1v) is 10.4. The fourth-order valence-electron chi connectivity index (χ4n) is 2.86. The van der Waals surface area contributed by atoms with Crippen molar-refractivity contribution in [3.05, 3.63) is 75.6 Å². The first-order valence-electron chi connectivity index (χ1n) is 9.25.